The van der Waals surface area contributed by atoms with Gasteiger partial charge in [0.1, 0.15) is 0 Å². The molecule has 1 aromatic heterocycles. The van der Waals surface area contributed by atoms with Crippen LogP contribution in [0.4, 0.5) is 0 Å². The summed E-state index contributed by atoms with van der Waals surface area (Å²) in [6.45, 7) is 6.86. The van der Waals surface area contributed by atoms with Gasteiger partial charge in [-0.25, -0.2) is 0 Å². The fourth-order valence-electron chi connectivity index (χ4n) is 3.26. The van der Waals surface area contributed by atoms with Crippen molar-refractivity contribution in [1.82, 2.24) is 4.57 Å². The highest BCUT2D eigenvalue weighted by Gasteiger charge is 2.15. The second kappa shape index (κ2) is 8.48. The minimum atomic E-state index is 0.0734. The summed E-state index contributed by atoms with van der Waals surface area (Å²) in [5.41, 5.74) is 2.54. The molecule has 0 bridgehead atoms. The lowest BCUT2D eigenvalue weighted by Gasteiger charge is -2.05. The van der Waals surface area contributed by atoms with E-state index in [-0.39, 0.29) is 5.78 Å². The van der Waals surface area contributed by atoms with Crippen molar-refractivity contribution in [3.63, 3.8) is 0 Å². The normalized spacial score (nSPS) is 11.3. The molecule has 132 valence electrons. The number of aryl methyl sites for hydroxylation is 1. The number of rotatable bonds is 8. The lowest BCUT2D eigenvalue weighted by atomic mass is 9.98. The lowest BCUT2D eigenvalue weighted by molar-refractivity contribution is 0.104. The van der Waals surface area contributed by atoms with E-state index >= 15 is 0 Å². The van der Waals surface area contributed by atoms with Crippen molar-refractivity contribution in [1.29, 1.82) is 0 Å². The van der Waals surface area contributed by atoms with E-state index in [4.69, 9.17) is 0 Å². The highest BCUT2D eigenvalue weighted by atomic mass is 16.1. The van der Waals surface area contributed by atoms with Crippen LogP contribution in [0.1, 0.15) is 47.8 Å². The van der Waals surface area contributed by atoms with Crippen molar-refractivity contribution in [2.75, 3.05) is 0 Å². The zero-order chi connectivity index (χ0) is 18.4. The Bertz CT molecular complexity index is 941. The van der Waals surface area contributed by atoms with Gasteiger partial charge in [-0.1, -0.05) is 81.0 Å². The summed E-state index contributed by atoms with van der Waals surface area (Å²) in [7, 11) is 0. The van der Waals surface area contributed by atoms with Gasteiger partial charge in [0, 0.05) is 29.6 Å². The minimum Gasteiger partial charge on any atom is -0.347 e. The molecule has 0 radical (unpaired) electrons. The Balaban J connectivity index is 1.98. The first-order valence-electron chi connectivity index (χ1n) is 9.26. The molecule has 2 nitrogen and oxygen atoms in total. The number of ketones is 1. The Morgan fingerprint density at radius 2 is 1.92 bits per heavy atom. The fourth-order valence-corrected chi connectivity index (χ4v) is 3.26. The Labute approximate surface area is 155 Å². The average Bonchev–Trinajstić information content (AvgIpc) is 3.08. The number of carbonyl (C=O) groups excluding carboxylic acids is 1. The topological polar surface area (TPSA) is 22.0 Å². The number of carbonyl (C=O) groups is 1. The van der Waals surface area contributed by atoms with Gasteiger partial charge in [-0.15, -0.1) is 0 Å². The van der Waals surface area contributed by atoms with Crippen LogP contribution in [0.5, 0.6) is 0 Å². The van der Waals surface area contributed by atoms with Gasteiger partial charge in [-0.2, -0.15) is 0 Å². The highest BCUT2D eigenvalue weighted by Crippen LogP contribution is 2.23. The van der Waals surface area contributed by atoms with Crippen molar-refractivity contribution >= 4 is 22.6 Å². The van der Waals surface area contributed by atoms with Gasteiger partial charge in [0.05, 0.1) is 0 Å². The quantitative estimate of drug-likeness (QED) is 0.269. The molecule has 0 N–H and O–H groups in total. The van der Waals surface area contributed by atoms with Crippen LogP contribution in [0.15, 0.2) is 73.5 Å². The standard InChI is InChI=1S/C24H25NO/c1-3-5-9-16-25-18-20(17-21(25)13-6-4-2)24(26)23-15-10-12-19-11-7-8-14-22(19)23/h4,6-8,10-15,17-18H,2-3,5,9,16H2,1H3/b13-6-. The van der Waals surface area contributed by atoms with Crippen LogP contribution in [0, 0.1) is 0 Å². The molecule has 0 saturated carbocycles. The molecular weight excluding hydrogens is 318 g/mol. The molecule has 0 aliphatic rings. The zero-order valence-electron chi connectivity index (χ0n) is 15.3. The number of unbranched alkanes of at least 4 members (excludes halogenated alkanes) is 2. The predicted molar refractivity (Wildman–Crippen MR) is 111 cm³/mol. The molecule has 0 saturated heterocycles. The number of hydrogen-bond acceptors (Lipinski definition) is 1. The summed E-state index contributed by atoms with van der Waals surface area (Å²) in [4.78, 5) is 13.2. The van der Waals surface area contributed by atoms with Gasteiger partial charge in [-0.05, 0) is 29.3 Å². The van der Waals surface area contributed by atoms with E-state index in [2.05, 4.69) is 18.1 Å². The van der Waals surface area contributed by atoms with Crippen molar-refractivity contribution in [2.45, 2.75) is 32.7 Å². The summed E-state index contributed by atoms with van der Waals surface area (Å²) in [5.74, 6) is 0.0734. The third kappa shape index (κ3) is 3.85. The lowest BCUT2D eigenvalue weighted by Crippen LogP contribution is -2.02. The maximum atomic E-state index is 13.2. The molecule has 26 heavy (non-hydrogen) atoms. The second-order valence-electron chi connectivity index (χ2n) is 6.50. The molecule has 0 amide bonds. The molecular formula is C24H25NO. The van der Waals surface area contributed by atoms with E-state index in [1.54, 1.807) is 6.08 Å². The van der Waals surface area contributed by atoms with E-state index in [0.29, 0.717) is 0 Å². The molecule has 0 aliphatic carbocycles. The largest absolute Gasteiger partial charge is 0.347 e. The van der Waals surface area contributed by atoms with E-state index in [9.17, 15) is 4.79 Å². The molecule has 0 fully saturated rings. The van der Waals surface area contributed by atoms with Crippen LogP contribution >= 0.6 is 0 Å². The van der Waals surface area contributed by atoms with Crippen LogP contribution in [-0.2, 0) is 6.54 Å². The van der Waals surface area contributed by atoms with Crippen LogP contribution in [-0.4, -0.2) is 10.4 Å². The smallest absolute Gasteiger partial charge is 0.195 e. The summed E-state index contributed by atoms with van der Waals surface area (Å²) in [5, 5.41) is 2.09. The first kappa shape index (κ1) is 17.9. The van der Waals surface area contributed by atoms with Crippen LogP contribution in [0.2, 0.25) is 0 Å². The number of benzene rings is 2. The number of nitrogens with zero attached hydrogens (tertiary/aromatic N) is 1. The Morgan fingerprint density at radius 3 is 2.73 bits per heavy atom. The second-order valence-corrected chi connectivity index (χ2v) is 6.50. The highest BCUT2D eigenvalue weighted by molar-refractivity contribution is 6.16. The van der Waals surface area contributed by atoms with E-state index in [0.717, 1.165) is 40.6 Å². The third-order valence-corrected chi connectivity index (χ3v) is 4.63. The third-order valence-electron chi connectivity index (χ3n) is 4.63. The zero-order valence-corrected chi connectivity index (χ0v) is 15.3. The average molecular weight is 343 g/mol. The molecule has 2 heteroatoms. The number of hydrogen-bond donors (Lipinski definition) is 0. The summed E-state index contributed by atoms with van der Waals surface area (Å²) in [6, 6.07) is 15.9. The molecule has 0 atom stereocenters. The number of aromatic nitrogens is 1. The summed E-state index contributed by atoms with van der Waals surface area (Å²) < 4.78 is 2.17. The van der Waals surface area contributed by atoms with E-state index in [1.807, 2.05) is 66.9 Å². The fraction of sp³-hybridized carbons (Fsp3) is 0.208. The minimum absolute atomic E-state index is 0.0734. The maximum absolute atomic E-state index is 13.2. The molecule has 3 aromatic rings. The van der Waals surface area contributed by atoms with Gasteiger partial charge in [-0.3, -0.25) is 4.79 Å². The summed E-state index contributed by atoms with van der Waals surface area (Å²) in [6.07, 6.45) is 11.2. The Kier molecular flexibility index (Phi) is 5.85. The molecule has 2 aromatic carbocycles. The van der Waals surface area contributed by atoms with Gasteiger partial charge < -0.3 is 4.57 Å². The van der Waals surface area contributed by atoms with Crippen LogP contribution < -0.4 is 0 Å². The van der Waals surface area contributed by atoms with Crippen LogP contribution in [0.3, 0.4) is 0 Å². The first-order chi connectivity index (χ1) is 12.7. The molecule has 0 unspecified atom stereocenters. The first-order valence-corrected chi connectivity index (χ1v) is 9.26. The number of allylic oxidation sites excluding steroid dienone is 2. The van der Waals surface area contributed by atoms with Crippen molar-refractivity contribution in [3.8, 4) is 0 Å². The van der Waals surface area contributed by atoms with Crippen molar-refractivity contribution < 1.29 is 4.79 Å². The Hall–Kier alpha value is -2.87. The van der Waals surface area contributed by atoms with Gasteiger partial charge >= 0.3 is 0 Å². The monoisotopic (exact) mass is 343 g/mol. The van der Waals surface area contributed by atoms with Gasteiger partial charge in [0.25, 0.3) is 0 Å². The van der Waals surface area contributed by atoms with E-state index < -0.39 is 0 Å². The van der Waals surface area contributed by atoms with Crippen LogP contribution in [0.25, 0.3) is 16.8 Å². The molecule has 0 aliphatic heterocycles. The van der Waals surface area contributed by atoms with E-state index in [1.165, 1.54) is 12.8 Å². The van der Waals surface area contributed by atoms with Crippen molar-refractivity contribution in [3.05, 3.63) is 90.3 Å². The van der Waals surface area contributed by atoms with Gasteiger partial charge in [0.2, 0.25) is 0 Å². The molecule has 1 heterocycles. The maximum Gasteiger partial charge on any atom is 0.195 e. The summed E-state index contributed by atoms with van der Waals surface area (Å²) >= 11 is 0. The molecule has 0 spiro atoms. The molecule has 3 rings (SSSR count). The SMILES string of the molecule is C=C/C=C\c1cc(C(=O)c2cccc3ccccc23)cn1CCCCC. The Morgan fingerprint density at radius 1 is 1.12 bits per heavy atom. The van der Waals surface area contributed by atoms with Crippen molar-refractivity contribution in [2.24, 2.45) is 0 Å². The number of fused-ring (bicyclic) bond motifs is 1. The predicted octanol–water partition coefficient (Wildman–Crippen LogP) is 6.26. The van der Waals surface area contributed by atoms with Gasteiger partial charge in [0.15, 0.2) is 5.78 Å².